The molecule has 0 bridgehead atoms. The molecule has 0 atom stereocenters. The molecule has 0 spiro atoms. The van der Waals surface area contributed by atoms with E-state index in [-0.39, 0.29) is 6.54 Å². The van der Waals surface area contributed by atoms with Crippen molar-refractivity contribution < 1.29 is 27.6 Å². The standard InChI is InChI=1S/C11H11FN2O6S/c12-8-5-7(14(17)18)1-2-9(8)21(19,20)13-6-11(3-4-11)10(15)16/h1-2,5,13H,3-4,6H2,(H,15,16). The highest BCUT2D eigenvalue weighted by molar-refractivity contribution is 7.89. The Morgan fingerprint density at radius 3 is 2.52 bits per heavy atom. The van der Waals surface area contributed by atoms with Crippen LogP contribution in [-0.2, 0) is 14.8 Å². The van der Waals surface area contributed by atoms with E-state index < -0.39 is 42.7 Å². The van der Waals surface area contributed by atoms with E-state index in [2.05, 4.69) is 0 Å². The molecule has 0 radical (unpaired) electrons. The van der Waals surface area contributed by atoms with E-state index in [1.165, 1.54) is 0 Å². The fourth-order valence-corrected chi connectivity index (χ4v) is 2.93. The molecule has 0 heterocycles. The molecule has 114 valence electrons. The van der Waals surface area contributed by atoms with E-state index in [1.54, 1.807) is 0 Å². The van der Waals surface area contributed by atoms with E-state index in [4.69, 9.17) is 5.11 Å². The van der Waals surface area contributed by atoms with Crippen LogP contribution in [0.4, 0.5) is 10.1 Å². The fourth-order valence-electron chi connectivity index (χ4n) is 1.75. The fraction of sp³-hybridized carbons (Fsp3) is 0.364. The van der Waals surface area contributed by atoms with Gasteiger partial charge in [-0.05, 0) is 18.9 Å². The first-order chi connectivity index (χ1) is 9.68. The maximum absolute atomic E-state index is 13.7. The Kier molecular flexibility index (Phi) is 3.68. The first-order valence-electron chi connectivity index (χ1n) is 5.85. The van der Waals surface area contributed by atoms with Crippen LogP contribution in [0.25, 0.3) is 0 Å². The van der Waals surface area contributed by atoms with Crippen molar-refractivity contribution in [3.8, 4) is 0 Å². The third-order valence-corrected chi connectivity index (χ3v) is 4.76. The smallest absolute Gasteiger partial charge is 0.310 e. The van der Waals surface area contributed by atoms with Crippen molar-refractivity contribution in [2.75, 3.05) is 6.54 Å². The van der Waals surface area contributed by atoms with Crippen LogP contribution in [0.5, 0.6) is 0 Å². The Balaban J connectivity index is 2.20. The van der Waals surface area contributed by atoms with Gasteiger partial charge in [-0.25, -0.2) is 17.5 Å². The molecule has 1 aromatic rings. The van der Waals surface area contributed by atoms with E-state index in [0.717, 1.165) is 12.1 Å². The van der Waals surface area contributed by atoms with Gasteiger partial charge in [0.2, 0.25) is 10.0 Å². The van der Waals surface area contributed by atoms with Crippen molar-refractivity contribution >= 4 is 21.7 Å². The number of nitrogens with zero attached hydrogens (tertiary/aromatic N) is 1. The van der Waals surface area contributed by atoms with Crippen LogP contribution in [0.2, 0.25) is 0 Å². The molecule has 1 aliphatic rings. The summed E-state index contributed by atoms with van der Waals surface area (Å²) in [6.07, 6.45) is 0.682. The number of carboxylic acid groups (broad SMARTS) is 1. The third kappa shape index (κ3) is 3.00. The number of rotatable bonds is 6. The molecule has 1 aliphatic carbocycles. The number of non-ortho nitro benzene ring substituents is 1. The van der Waals surface area contributed by atoms with Crippen molar-refractivity contribution in [2.45, 2.75) is 17.7 Å². The van der Waals surface area contributed by atoms with Crippen LogP contribution in [-0.4, -0.2) is 31.0 Å². The van der Waals surface area contributed by atoms with Crippen molar-refractivity contribution in [2.24, 2.45) is 5.41 Å². The molecular formula is C11H11FN2O6S. The molecule has 0 amide bonds. The summed E-state index contributed by atoms with van der Waals surface area (Å²) in [5, 5.41) is 19.4. The Labute approximate surface area is 118 Å². The first-order valence-corrected chi connectivity index (χ1v) is 7.33. The molecule has 1 aromatic carbocycles. The quantitative estimate of drug-likeness (QED) is 0.592. The molecular weight excluding hydrogens is 307 g/mol. The minimum absolute atomic E-state index is 0.341. The van der Waals surface area contributed by atoms with E-state index in [9.17, 15) is 27.7 Å². The number of hydrogen-bond donors (Lipinski definition) is 2. The van der Waals surface area contributed by atoms with Crippen LogP contribution in [0.3, 0.4) is 0 Å². The van der Waals surface area contributed by atoms with E-state index >= 15 is 0 Å². The third-order valence-electron chi connectivity index (χ3n) is 3.32. The second kappa shape index (κ2) is 5.04. The second-order valence-electron chi connectivity index (χ2n) is 4.78. The van der Waals surface area contributed by atoms with E-state index in [0.29, 0.717) is 18.9 Å². The number of benzene rings is 1. The zero-order valence-electron chi connectivity index (χ0n) is 10.6. The van der Waals surface area contributed by atoms with Crippen molar-refractivity contribution in [3.05, 3.63) is 34.1 Å². The van der Waals surface area contributed by atoms with Gasteiger partial charge in [0.15, 0.2) is 0 Å². The van der Waals surface area contributed by atoms with Gasteiger partial charge in [0.05, 0.1) is 16.4 Å². The topological polar surface area (TPSA) is 127 Å². The highest BCUT2D eigenvalue weighted by Gasteiger charge is 2.50. The summed E-state index contributed by atoms with van der Waals surface area (Å²) < 4.78 is 39.5. The highest BCUT2D eigenvalue weighted by atomic mass is 32.2. The zero-order chi connectivity index (χ0) is 15.8. The average Bonchev–Trinajstić information content (AvgIpc) is 3.17. The summed E-state index contributed by atoms with van der Waals surface area (Å²) in [6.45, 7) is -0.346. The number of nitrogens with one attached hydrogen (secondary N) is 1. The zero-order valence-corrected chi connectivity index (χ0v) is 11.4. The molecule has 2 N–H and O–H groups in total. The minimum atomic E-state index is -4.27. The lowest BCUT2D eigenvalue weighted by molar-refractivity contribution is -0.385. The molecule has 1 saturated carbocycles. The number of nitro groups is 1. The van der Waals surface area contributed by atoms with Crippen molar-refractivity contribution in [1.29, 1.82) is 0 Å². The number of halogens is 1. The summed E-state index contributed by atoms with van der Waals surface area (Å²) in [5.41, 5.74) is -1.71. The van der Waals surface area contributed by atoms with Gasteiger partial charge in [-0.15, -0.1) is 0 Å². The van der Waals surface area contributed by atoms with Gasteiger partial charge >= 0.3 is 5.97 Å². The van der Waals surface area contributed by atoms with Crippen LogP contribution < -0.4 is 4.72 Å². The summed E-state index contributed by atoms with van der Waals surface area (Å²) in [4.78, 5) is 19.8. The Hall–Kier alpha value is -2.07. The first kappa shape index (κ1) is 15.3. The Morgan fingerprint density at radius 1 is 1.48 bits per heavy atom. The number of sulfonamides is 1. The van der Waals surface area contributed by atoms with Crippen LogP contribution >= 0.6 is 0 Å². The monoisotopic (exact) mass is 318 g/mol. The molecule has 0 saturated heterocycles. The summed E-state index contributed by atoms with van der Waals surface area (Å²) in [5.74, 6) is -2.38. The van der Waals surface area contributed by atoms with Gasteiger partial charge in [-0.1, -0.05) is 0 Å². The maximum atomic E-state index is 13.7. The van der Waals surface area contributed by atoms with Gasteiger partial charge in [-0.2, -0.15) is 0 Å². The summed E-state index contributed by atoms with van der Waals surface area (Å²) >= 11 is 0. The minimum Gasteiger partial charge on any atom is -0.481 e. The van der Waals surface area contributed by atoms with Gasteiger partial charge in [0.25, 0.3) is 5.69 Å². The maximum Gasteiger partial charge on any atom is 0.310 e. The highest BCUT2D eigenvalue weighted by Crippen LogP contribution is 2.45. The van der Waals surface area contributed by atoms with Gasteiger partial charge in [-0.3, -0.25) is 14.9 Å². The molecule has 10 heteroatoms. The van der Waals surface area contributed by atoms with Gasteiger partial charge < -0.3 is 5.11 Å². The summed E-state index contributed by atoms with van der Waals surface area (Å²) in [7, 11) is -4.27. The van der Waals surface area contributed by atoms with Crippen molar-refractivity contribution in [3.63, 3.8) is 0 Å². The average molecular weight is 318 g/mol. The molecule has 8 nitrogen and oxygen atoms in total. The number of hydrogen-bond acceptors (Lipinski definition) is 5. The number of aliphatic carboxylic acids is 1. The number of carbonyl (C=O) groups is 1. The Morgan fingerprint density at radius 2 is 2.10 bits per heavy atom. The molecule has 21 heavy (non-hydrogen) atoms. The normalized spacial score (nSPS) is 16.4. The summed E-state index contributed by atoms with van der Waals surface area (Å²) in [6, 6.07) is 2.14. The van der Waals surface area contributed by atoms with Gasteiger partial charge in [0, 0.05) is 12.6 Å². The molecule has 0 aliphatic heterocycles. The predicted octanol–water partition coefficient (Wildman–Crippen LogP) is 0.877. The molecule has 1 fully saturated rings. The second-order valence-corrected chi connectivity index (χ2v) is 6.52. The molecule has 2 rings (SSSR count). The largest absolute Gasteiger partial charge is 0.481 e. The molecule has 0 aromatic heterocycles. The lowest BCUT2D eigenvalue weighted by Gasteiger charge is -2.12. The lowest BCUT2D eigenvalue weighted by atomic mass is 10.1. The van der Waals surface area contributed by atoms with Crippen LogP contribution in [0.15, 0.2) is 23.1 Å². The lowest BCUT2D eigenvalue weighted by Crippen LogP contribution is -2.34. The van der Waals surface area contributed by atoms with E-state index in [1.807, 2.05) is 4.72 Å². The number of carboxylic acids is 1. The molecule has 0 unspecified atom stereocenters. The predicted molar refractivity (Wildman–Crippen MR) is 67.5 cm³/mol. The Bertz CT molecular complexity index is 713. The van der Waals surface area contributed by atoms with Gasteiger partial charge in [0.1, 0.15) is 10.7 Å². The van der Waals surface area contributed by atoms with Crippen LogP contribution in [0.1, 0.15) is 12.8 Å². The van der Waals surface area contributed by atoms with Crippen LogP contribution in [0, 0.1) is 21.3 Å². The van der Waals surface area contributed by atoms with Crippen molar-refractivity contribution in [1.82, 2.24) is 4.72 Å². The SMILES string of the molecule is O=C(O)C1(CNS(=O)(=O)c2ccc([N+](=O)[O-])cc2F)CC1. The number of nitro benzene ring substituents is 1.